The van der Waals surface area contributed by atoms with Crippen molar-refractivity contribution in [3.63, 3.8) is 0 Å². The molecule has 1 aliphatic carbocycles. The van der Waals surface area contributed by atoms with Crippen LogP contribution in [0.2, 0.25) is 0 Å². The fourth-order valence-corrected chi connectivity index (χ4v) is 4.52. The van der Waals surface area contributed by atoms with Crippen LogP contribution in [0.15, 0.2) is 30.3 Å². The molecular formula is C16H18N2OS. The quantitative estimate of drug-likeness (QED) is 0.889. The number of thiophene rings is 1. The molecule has 0 fully saturated rings. The van der Waals surface area contributed by atoms with Crippen LogP contribution >= 0.6 is 11.3 Å². The highest BCUT2D eigenvalue weighted by Gasteiger charge is 2.32. The van der Waals surface area contributed by atoms with E-state index in [0.717, 1.165) is 18.4 Å². The van der Waals surface area contributed by atoms with E-state index in [0.29, 0.717) is 22.4 Å². The second-order valence-electron chi connectivity index (χ2n) is 5.39. The van der Waals surface area contributed by atoms with Gasteiger partial charge in [-0.15, -0.1) is 11.3 Å². The van der Waals surface area contributed by atoms with Crippen molar-refractivity contribution in [1.82, 2.24) is 0 Å². The number of primary amides is 1. The van der Waals surface area contributed by atoms with Crippen LogP contribution in [-0.4, -0.2) is 5.91 Å². The molecule has 1 heterocycles. The zero-order valence-corrected chi connectivity index (χ0v) is 12.2. The highest BCUT2D eigenvalue weighted by Crippen LogP contribution is 2.48. The molecule has 4 heteroatoms. The predicted octanol–water partition coefficient (Wildman–Crippen LogP) is 3.26. The number of rotatable bonds is 2. The van der Waals surface area contributed by atoms with E-state index < -0.39 is 5.91 Å². The maximum atomic E-state index is 11.6. The van der Waals surface area contributed by atoms with Crippen LogP contribution in [0.1, 0.15) is 51.5 Å². The molecule has 20 heavy (non-hydrogen) atoms. The average Bonchev–Trinajstić information content (AvgIpc) is 2.77. The molecule has 1 aromatic heterocycles. The fourth-order valence-electron chi connectivity index (χ4n) is 3.28. The van der Waals surface area contributed by atoms with Gasteiger partial charge in [0, 0.05) is 4.88 Å². The lowest BCUT2D eigenvalue weighted by Crippen LogP contribution is -2.19. The molecule has 1 aliphatic rings. The SMILES string of the molecule is CC1c2sc(N)c(C(N)=O)c2CCC1c1ccccc1. The lowest BCUT2D eigenvalue weighted by Gasteiger charge is -2.29. The topological polar surface area (TPSA) is 69.1 Å². The minimum atomic E-state index is -0.398. The highest BCUT2D eigenvalue weighted by molar-refractivity contribution is 7.16. The summed E-state index contributed by atoms with van der Waals surface area (Å²) in [4.78, 5) is 12.8. The molecule has 4 N–H and O–H groups in total. The second-order valence-corrected chi connectivity index (χ2v) is 6.48. The van der Waals surface area contributed by atoms with Gasteiger partial charge in [-0.3, -0.25) is 4.79 Å². The second kappa shape index (κ2) is 4.94. The van der Waals surface area contributed by atoms with E-state index in [-0.39, 0.29) is 0 Å². The Kier molecular flexibility index (Phi) is 3.26. The molecule has 2 aromatic rings. The Bertz CT molecular complexity index is 648. The zero-order valence-electron chi connectivity index (χ0n) is 11.4. The molecule has 2 unspecified atom stereocenters. The normalized spacial score (nSPS) is 21.4. The van der Waals surface area contributed by atoms with Gasteiger partial charge in [-0.25, -0.2) is 0 Å². The van der Waals surface area contributed by atoms with Crippen LogP contribution in [-0.2, 0) is 6.42 Å². The zero-order chi connectivity index (χ0) is 14.3. The van der Waals surface area contributed by atoms with E-state index in [2.05, 4.69) is 31.2 Å². The number of nitrogens with two attached hydrogens (primary N) is 2. The Morgan fingerprint density at radius 2 is 2.00 bits per heavy atom. The number of carbonyl (C=O) groups excluding carboxylic acids is 1. The van der Waals surface area contributed by atoms with Crippen molar-refractivity contribution in [3.8, 4) is 0 Å². The van der Waals surface area contributed by atoms with Crippen LogP contribution in [0.4, 0.5) is 5.00 Å². The van der Waals surface area contributed by atoms with E-state index in [1.807, 2.05) is 6.07 Å². The smallest absolute Gasteiger partial charge is 0.251 e. The van der Waals surface area contributed by atoms with Crippen molar-refractivity contribution in [2.45, 2.75) is 31.6 Å². The summed E-state index contributed by atoms with van der Waals surface area (Å²) in [6.45, 7) is 2.22. The summed E-state index contributed by atoms with van der Waals surface area (Å²) in [7, 11) is 0. The third-order valence-electron chi connectivity index (χ3n) is 4.26. The molecule has 1 aromatic carbocycles. The van der Waals surface area contributed by atoms with Gasteiger partial charge in [-0.1, -0.05) is 37.3 Å². The highest BCUT2D eigenvalue weighted by atomic mass is 32.1. The molecule has 0 radical (unpaired) electrons. The standard InChI is InChI=1S/C16H18N2OS/c1-9-11(10-5-3-2-4-6-10)7-8-12-13(15(17)19)16(18)20-14(9)12/h2-6,9,11H,7-8,18H2,1H3,(H2,17,19). The van der Waals surface area contributed by atoms with Gasteiger partial charge < -0.3 is 11.5 Å². The number of nitrogen functional groups attached to an aromatic ring is 1. The molecule has 1 amide bonds. The van der Waals surface area contributed by atoms with Gasteiger partial charge in [0.05, 0.1) is 10.6 Å². The summed E-state index contributed by atoms with van der Waals surface area (Å²) in [5, 5.41) is 0.572. The first-order valence-electron chi connectivity index (χ1n) is 6.85. The Hall–Kier alpha value is -1.81. The number of anilines is 1. The third-order valence-corrected chi connectivity index (χ3v) is 5.52. The van der Waals surface area contributed by atoms with Gasteiger partial charge in [-0.05, 0) is 35.8 Å². The molecule has 3 nitrogen and oxygen atoms in total. The van der Waals surface area contributed by atoms with E-state index in [1.54, 1.807) is 0 Å². The van der Waals surface area contributed by atoms with E-state index in [4.69, 9.17) is 11.5 Å². The van der Waals surface area contributed by atoms with Gasteiger partial charge in [0.15, 0.2) is 0 Å². The van der Waals surface area contributed by atoms with Crippen molar-refractivity contribution in [2.75, 3.05) is 5.73 Å². The minimum absolute atomic E-state index is 0.376. The van der Waals surface area contributed by atoms with E-state index >= 15 is 0 Å². The maximum absolute atomic E-state index is 11.6. The summed E-state index contributed by atoms with van der Waals surface area (Å²) in [6, 6.07) is 10.6. The molecular weight excluding hydrogens is 268 g/mol. The van der Waals surface area contributed by atoms with Crippen LogP contribution < -0.4 is 11.5 Å². The van der Waals surface area contributed by atoms with Crippen LogP contribution in [0, 0.1) is 0 Å². The van der Waals surface area contributed by atoms with Gasteiger partial charge in [0.1, 0.15) is 0 Å². The summed E-state index contributed by atoms with van der Waals surface area (Å²) < 4.78 is 0. The first kappa shape index (κ1) is 13.2. The number of fused-ring (bicyclic) bond motifs is 1. The van der Waals surface area contributed by atoms with Crippen molar-refractivity contribution in [3.05, 3.63) is 51.9 Å². The van der Waals surface area contributed by atoms with Crippen molar-refractivity contribution in [2.24, 2.45) is 5.73 Å². The fraction of sp³-hybridized carbons (Fsp3) is 0.312. The number of benzene rings is 1. The Morgan fingerprint density at radius 3 is 2.65 bits per heavy atom. The number of amides is 1. The lowest BCUT2D eigenvalue weighted by atomic mass is 9.76. The van der Waals surface area contributed by atoms with Crippen LogP contribution in [0.5, 0.6) is 0 Å². The van der Waals surface area contributed by atoms with Gasteiger partial charge >= 0.3 is 0 Å². The lowest BCUT2D eigenvalue weighted by molar-refractivity contribution is 0.100. The Balaban J connectivity index is 2.02. The average molecular weight is 286 g/mol. The Labute approximate surface area is 122 Å². The molecule has 0 spiro atoms. The van der Waals surface area contributed by atoms with Gasteiger partial charge in [-0.2, -0.15) is 0 Å². The van der Waals surface area contributed by atoms with Gasteiger partial charge in [0.25, 0.3) is 5.91 Å². The van der Waals surface area contributed by atoms with Crippen molar-refractivity contribution >= 4 is 22.2 Å². The van der Waals surface area contributed by atoms with Crippen molar-refractivity contribution < 1.29 is 4.79 Å². The van der Waals surface area contributed by atoms with E-state index in [1.165, 1.54) is 21.8 Å². The molecule has 3 rings (SSSR count). The number of hydrogen-bond donors (Lipinski definition) is 2. The van der Waals surface area contributed by atoms with Crippen LogP contribution in [0.3, 0.4) is 0 Å². The first-order chi connectivity index (χ1) is 9.59. The first-order valence-corrected chi connectivity index (χ1v) is 7.67. The monoisotopic (exact) mass is 286 g/mol. The summed E-state index contributed by atoms with van der Waals surface area (Å²) >= 11 is 1.53. The number of carbonyl (C=O) groups is 1. The largest absolute Gasteiger partial charge is 0.390 e. The minimum Gasteiger partial charge on any atom is -0.390 e. The molecule has 104 valence electrons. The van der Waals surface area contributed by atoms with Crippen LogP contribution in [0.25, 0.3) is 0 Å². The third kappa shape index (κ3) is 2.00. The molecule has 0 saturated carbocycles. The molecule has 0 bridgehead atoms. The summed E-state index contributed by atoms with van der Waals surface area (Å²) in [6.07, 6.45) is 1.92. The number of hydrogen-bond acceptors (Lipinski definition) is 3. The summed E-state index contributed by atoms with van der Waals surface area (Å²) in [5.41, 5.74) is 14.4. The molecule has 0 aliphatic heterocycles. The van der Waals surface area contributed by atoms with Crippen molar-refractivity contribution in [1.29, 1.82) is 0 Å². The molecule has 0 saturated heterocycles. The molecule has 2 atom stereocenters. The summed E-state index contributed by atoms with van der Waals surface area (Å²) in [5.74, 6) is 0.467. The maximum Gasteiger partial charge on any atom is 0.251 e. The van der Waals surface area contributed by atoms with Gasteiger partial charge in [0.2, 0.25) is 0 Å². The predicted molar refractivity (Wildman–Crippen MR) is 83.2 cm³/mol. The van der Waals surface area contributed by atoms with E-state index in [9.17, 15) is 4.79 Å². The Morgan fingerprint density at radius 1 is 1.30 bits per heavy atom.